The van der Waals surface area contributed by atoms with Gasteiger partial charge < -0.3 is 0 Å². The van der Waals surface area contributed by atoms with Gasteiger partial charge in [0.1, 0.15) is 0 Å². The van der Waals surface area contributed by atoms with Gasteiger partial charge in [0.25, 0.3) is 0 Å². The number of rotatable bonds is 2. The number of carbonyl (C=O) groups excluding carboxylic acids is 1. The topological polar surface area (TPSA) is 17.1 Å². The second-order valence-corrected chi connectivity index (χ2v) is 5.52. The number of benzene rings is 2. The van der Waals surface area contributed by atoms with Crippen LogP contribution in [0, 0.1) is 6.92 Å². The molecule has 2 aromatic rings. The van der Waals surface area contributed by atoms with Crippen LogP contribution in [0.25, 0.3) is 5.57 Å². The van der Waals surface area contributed by atoms with Crippen LogP contribution < -0.4 is 0 Å². The Kier molecular flexibility index (Phi) is 3.51. The molecule has 1 heteroatoms. The van der Waals surface area contributed by atoms with Crippen molar-refractivity contribution in [3.63, 3.8) is 0 Å². The number of carbonyl (C=O) groups is 1. The van der Waals surface area contributed by atoms with Gasteiger partial charge in [-0.25, -0.2) is 0 Å². The summed E-state index contributed by atoms with van der Waals surface area (Å²) in [5.41, 5.74) is 4.84. The lowest BCUT2D eigenvalue weighted by atomic mass is 9.81. The van der Waals surface area contributed by atoms with Crippen molar-refractivity contribution in [1.29, 1.82) is 0 Å². The van der Waals surface area contributed by atoms with Gasteiger partial charge in [0.05, 0.1) is 0 Å². The van der Waals surface area contributed by atoms with Crippen LogP contribution in [-0.2, 0) is 4.79 Å². The number of ketones is 1. The molecular weight excluding hydrogens is 244 g/mol. The number of allylic oxidation sites excluding steroid dienone is 2. The smallest absolute Gasteiger partial charge is 0.156 e. The molecule has 1 unspecified atom stereocenters. The third kappa shape index (κ3) is 2.72. The number of hydrogen-bond donors (Lipinski definition) is 0. The van der Waals surface area contributed by atoms with Crippen molar-refractivity contribution in [2.45, 2.75) is 25.7 Å². The summed E-state index contributed by atoms with van der Waals surface area (Å²) >= 11 is 0. The third-order valence-corrected chi connectivity index (χ3v) is 3.94. The monoisotopic (exact) mass is 262 g/mol. The molecular formula is C19H18O. The Bertz CT molecular complexity index is 635. The molecule has 0 amide bonds. The molecule has 0 aliphatic heterocycles. The zero-order valence-corrected chi connectivity index (χ0v) is 11.7. The van der Waals surface area contributed by atoms with Gasteiger partial charge in [0, 0.05) is 6.42 Å². The van der Waals surface area contributed by atoms with E-state index < -0.39 is 0 Å². The summed E-state index contributed by atoms with van der Waals surface area (Å²) in [5, 5.41) is 0. The molecule has 20 heavy (non-hydrogen) atoms. The van der Waals surface area contributed by atoms with E-state index in [0.29, 0.717) is 12.3 Å². The average molecular weight is 262 g/mol. The Morgan fingerprint density at radius 2 is 1.60 bits per heavy atom. The van der Waals surface area contributed by atoms with Crippen molar-refractivity contribution in [2.75, 3.05) is 0 Å². The Morgan fingerprint density at radius 3 is 2.30 bits per heavy atom. The molecule has 0 spiro atoms. The minimum Gasteiger partial charge on any atom is -0.295 e. The predicted molar refractivity (Wildman–Crippen MR) is 82.6 cm³/mol. The highest BCUT2D eigenvalue weighted by atomic mass is 16.1. The second kappa shape index (κ2) is 5.46. The molecule has 0 heterocycles. The summed E-state index contributed by atoms with van der Waals surface area (Å²) < 4.78 is 0. The number of aryl methyl sites for hydroxylation is 1. The molecule has 1 nitrogen and oxygen atoms in total. The Balaban J connectivity index is 1.89. The van der Waals surface area contributed by atoms with Crippen molar-refractivity contribution in [3.8, 4) is 0 Å². The van der Waals surface area contributed by atoms with E-state index in [4.69, 9.17) is 0 Å². The highest BCUT2D eigenvalue weighted by molar-refractivity contribution is 5.99. The van der Waals surface area contributed by atoms with Gasteiger partial charge in [0.2, 0.25) is 0 Å². The summed E-state index contributed by atoms with van der Waals surface area (Å²) in [5.74, 6) is 0.547. The first-order chi connectivity index (χ1) is 9.72. The van der Waals surface area contributed by atoms with Crippen LogP contribution in [-0.4, -0.2) is 5.78 Å². The van der Waals surface area contributed by atoms with E-state index in [1.165, 1.54) is 16.7 Å². The van der Waals surface area contributed by atoms with Crippen LogP contribution in [0.4, 0.5) is 0 Å². The van der Waals surface area contributed by atoms with Crippen LogP contribution in [0.3, 0.4) is 0 Å². The maximum absolute atomic E-state index is 12.0. The maximum atomic E-state index is 12.0. The third-order valence-electron chi connectivity index (χ3n) is 3.94. The maximum Gasteiger partial charge on any atom is 0.156 e. The predicted octanol–water partition coefficient (Wildman–Crippen LogP) is 4.53. The normalized spacial score (nSPS) is 18.8. The summed E-state index contributed by atoms with van der Waals surface area (Å²) in [6, 6.07) is 18.8. The van der Waals surface area contributed by atoms with E-state index in [-0.39, 0.29) is 5.78 Å². The Labute approximate surface area is 120 Å². The van der Waals surface area contributed by atoms with E-state index >= 15 is 0 Å². The fourth-order valence-corrected chi connectivity index (χ4v) is 2.82. The summed E-state index contributed by atoms with van der Waals surface area (Å²) in [6.07, 6.45) is 3.39. The molecule has 100 valence electrons. The first-order valence-electron chi connectivity index (χ1n) is 7.08. The molecule has 0 N–H and O–H groups in total. The second-order valence-electron chi connectivity index (χ2n) is 5.52. The van der Waals surface area contributed by atoms with Crippen LogP contribution in [0.15, 0.2) is 60.7 Å². The molecule has 0 saturated carbocycles. The van der Waals surface area contributed by atoms with E-state index in [1.807, 2.05) is 24.3 Å². The van der Waals surface area contributed by atoms with Gasteiger partial charge in [-0.2, -0.15) is 0 Å². The average Bonchev–Trinajstić information content (AvgIpc) is 2.48. The van der Waals surface area contributed by atoms with Crippen LogP contribution in [0.2, 0.25) is 0 Å². The molecule has 2 aromatic carbocycles. The summed E-state index contributed by atoms with van der Waals surface area (Å²) in [6.45, 7) is 2.08. The van der Waals surface area contributed by atoms with Crippen LogP contribution >= 0.6 is 0 Å². The van der Waals surface area contributed by atoms with E-state index in [2.05, 4.69) is 43.3 Å². The molecule has 0 fully saturated rings. The Morgan fingerprint density at radius 1 is 0.900 bits per heavy atom. The highest BCUT2D eigenvalue weighted by Crippen LogP contribution is 2.35. The van der Waals surface area contributed by atoms with Gasteiger partial charge in [-0.3, -0.25) is 4.79 Å². The molecule has 0 aromatic heterocycles. The van der Waals surface area contributed by atoms with Crippen molar-refractivity contribution < 1.29 is 4.79 Å². The molecule has 1 aliphatic carbocycles. The van der Waals surface area contributed by atoms with Gasteiger partial charge in [-0.1, -0.05) is 60.2 Å². The van der Waals surface area contributed by atoms with Gasteiger partial charge >= 0.3 is 0 Å². The fraction of sp³-hybridized carbons (Fsp3) is 0.211. The van der Waals surface area contributed by atoms with Crippen LogP contribution in [0.5, 0.6) is 0 Å². The fourth-order valence-electron chi connectivity index (χ4n) is 2.82. The largest absolute Gasteiger partial charge is 0.295 e. The molecule has 1 atom stereocenters. The molecule has 0 bridgehead atoms. The lowest BCUT2D eigenvalue weighted by Crippen LogP contribution is -2.12. The molecule has 3 rings (SSSR count). The highest BCUT2D eigenvalue weighted by Gasteiger charge is 2.22. The minimum absolute atomic E-state index is 0.237. The first-order valence-corrected chi connectivity index (χ1v) is 7.08. The minimum atomic E-state index is 0.237. The summed E-state index contributed by atoms with van der Waals surface area (Å²) in [4.78, 5) is 12.0. The van der Waals surface area contributed by atoms with Crippen molar-refractivity contribution in [2.24, 2.45) is 0 Å². The van der Waals surface area contributed by atoms with Crippen molar-refractivity contribution >= 4 is 11.4 Å². The van der Waals surface area contributed by atoms with Crippen molar-refractivity contribution in [3.05, 3.63) is 77.4 Å². The standard InChI is InChI=1S/C19H18O/c1-14-7-9-16(10-8-14)18-11-17(12-19(20)13-18)15-5-3-2-4-6-15/h2-10,13,17H,11-12H2,1H3. The SMILES string of the molecule is Cc1ccc(C2=CC(=O)CC(c3ccccc3)C2)cc1. The number of hydrogen-bond acceptors (Lipinski definition) is 1. The van der Waals surface area contributed by atoms with Gasteiger partial charge in [0.15, 0.2) is 5.78 Å². The quantitative estimate of drug-likeness (QED) is 0.777. The molecule has 0 saturated heterocycles. The van der Waals surface area contributed by atoms with Gasteiger partial charge in [-0.05, 0) is 42.0 Å². The lowest BCUT2D eigenvalue weighted by molar-refractivity contribution is -0.115. The zero-order valence-electron chi connectivity index (χ0n) is 11.7. The Hall–Kier alpha value is -2.15. The first kappa shape index (κ1) is 12.9. The molecule has 0 radical (unpaired) electrons. The van der Waals surface area contributed by atoms with Crippen molar-refractivity contribution in [1.82, 2.24) is 0 Å². The van der Waals surface area contributed by atoms with Crippen LogP contribution in [0.1, 0.15) is 35.4 Å². The zero-order chi connectivity index (χ0) is 13.9. The van der Waals surface area contributed by atoms with E-state index in [0.717, 1.165) is 12.0 Å². The summed E-state index contributed by atoms with van der Waals surface area (Å²) in [7, 11) is 0. The van der Waals surface area contributed by atoms with E-state index in [1.54, 1.807) is 0 Å². The lowest BCUT2D eigenvalue weighted by Gasteiger charge is -2.22. The van der Waals surface area contributed by atoms with E-state index in [9.17, 15) is 4.79 Å². The molecule has 1 aliphatic rings. The van der Waals surface area contributed by atoms with Gasteiger partial charge in [-0.15, -0.1) is 0 Å².